The van der Waals surface area contributed by atoms with Gasteiger partial charge in [-0.25, -0.2) is 8.78 Å². The number of hydrogen-bond donors (Lipinski definition) is 0. The number of halogens is 2. The minimum Gasteiger partial charge on any atom is -0.338 e. The van der Waals surface area contributed by atoms with Gasteiger partial charge in [0.05, 0.1) is 16.3 Å². The minimum absolute atomic E-state index is 0.255. The molecule has 0 bridgehead atoms. The molecule has 0 fully saturated rings. The minimum atomic E-state index is -0.258. The van der Waals surface area contributed by atoms with E-state index in [1.165, 1.54) is 18.2 Å². The van der Waals surface area contributed by atoms with Crippen molar-refractivity contribution in [2.75, 3.05) is 0 Å². The van der Waals surface area contributed by atoms with E-state index in [1.54, 1.807) is 18.2 Å². The first kappa shape index (κ1) is 12.3. The lowest BCUT2D eigenvalue weighted by Gasteiger charge is -2.00. The van der Waals surface area contributed by atoms with Gasteiger partial charge in [0.25, 0.3) is 0 Å². The Labute approximate surface area is 119 Å². The molecule has 2 aromatic carbocycles. The van der Waals surface area contributed by atoms with Gasteiger partial charge in [-0.3, -0.25) is 0 Å². The lowest BCUT2D eigenvalue weighted by atomic mass is 10.1. The molecular formula is C17H13F2N2+. The second-order valence-electron chi connectivity index (χ2n) is 5.36. The number of fused-ring (bicyclic) bond motifs is 4. The van der Waals surface area contributed by atoms with Gasteiger partial charge in [0, 0.05) is 13.1 Å². The van der Waals surface area contributed by atoms with Crippen molar-refractivity contribution in [1.29, 1.82) is 0 Å². The Kier molecular flexibility index (Phi) is 2.34. The van der Waals surface area contributed by atoms with Gasteiger partial charge in [-0.2, -0.15) is 4.57 Å². The molecule has 4 rings (SSSR count). The van der Waals surface area contributed by atoms with Crippen LogP contribution in [0.1, 0.15) is 0 Å². The van der Waals surface area contributed by atoms with E-state index in [1.807, 2.05) is 29.3 Å². The van der Waals surface area contributed by atoms with Crippen molar-refractivity contribution in [3.05, 3.63) is 54.1 Å². The van der Waals surface area contributed by atoms with Crippen LogP contribution in [0.2, 0.25) is 0 Å². The molecule has 4 heteroatoms. The Balaban J connectivity index is 2.32. The molecule has 2 aromatic heterocycles. The summed E-state index contributed by atoms with van der Waals surface area (Å²) in [5.41, 5.74) is 3.78. The predicted octanol–water partition coefficient (Wildman–Crippen LogP) is 3.59. The van der Waals surface area contributed by atoms with Crippen molar-refractivity contribution >= 4 is 32.8 Å². The van der Waals surface area contributed by atoms with Gasteiger partial charge in [-0.05, 0) is 36.4 Å². The topological polar surface area (TPSA) is 8.81 Å². The lowest BCUT2D eigenvalue weighted by molar-refractivity contribution is -0.616. The van der Waals surface area contributed by atoms with E-state index in [9.17, 15) is 8.78 Å². The Morgan fingerprint density at radius 1 is 0.905 bits per heavy atom. The van der Waals surface area contributed by atoms with Gasteiger partial charge in [0.15, 0.2) is 0 Å². The monoisotopic (exact) mass is 283 g/mol. The van der Waals surface area contributed by atoms with Gasteiger partial charge in [0.2, 0.25) is 11.0 Å². The van der Waals surface area contributed by atoms with E-state index in [-0.39, 0.29) is 11.6 Å². The van der Waals surface area contributed by atoms with Gasteiger partial charge in [-0.1, -0.05) is 0 Å². The van der Waals surface area contributed by atoms with Crippen molar-refractivity contribution in [2.45, 2.75) is 0 Å². The molecule has 2 heterocycles. The summed E-state index contributed by atoms with van der Waals surface area (Å²) in [5.74, 6) is -0.513. The second kappa shape index (κ2) is 4.01. The number of hydrogen-bond acceptors (Lipinski definition) is 0. The van der Waals surface area contributed by atoms with Gasteiger partial charge in [-0.15, -0.1) is 0 Å². The SMILES string of the molecule is Cn1c2ccc(F)cc2c2c1cc1cc(F)ccc1[n+]2C. The molecular weight excluding hydrogens is 270 g/mol. The summed E-state index contributed by atoms with van der Waals surface area (Å²) in [6, 6.07) is 11.4. The fourth-order valence-electron chi connectivity index (χ4n) is 3.15. The van der Waals surface area contributed by atoms with Crippen LogP contribution in [0.15, 0.2) is 42.5 Å². The molecule has 21 heavy (non-hydrogen) atoms. The van der Waals surface area contributed by atoms with Crippen molar-refractivity contribution in [2.24, 2.45) is 14.1 Å². The number of benzene rings is 2. The van der Waals surface area contributed by atoms with E-state index in [4.69, 9.17) is 0 Å². The molecule has 4 aromatic rings. The fourth-order valence-corrected chi connectivity index (χ4v) is 3.15. The van der Waals surface area contributed by atoms with Gasteiger partial charge < -0.3 is 4.57 Å². The summed E-state index contributed by atoms with van der Waals surface area (Å²) in [4.78, 5) is 0. The van der Waals surface area contributed by atoms with E-state index in [2.05, 4.69) is 0 Å². The Morgan fingerprint density at radius 3 is 2.43 bits per heavy atom. The van der Waals surface area contributed by atoms with Crippen LogP contribution in [-0.4, -0.2) is 4.57 Å². The van der Waals surface area contributed by atoms with E-state index in [0.29, 0.717) is 0 Å². The molecule has 104 valence electrons. The first-order chi connectivity index (χ1) is 10.1. The second-order valence-corrected chi connectivity index (χ2v) is 5.36. The van der Waals surface area contributed by atoms with Crippen molar-refractivity contribution in [1.82, 2.24) is 4.57 Å². The number of rotatable bonds is 0. The summed E-state index contributed by atoms with van der Waals surface area (Å²) in [5, 5.41) is 1.69. The standard InChI is InChI=1S/C17H13F2N2/c1-20-15-6-4-12(19)9-13(15)17-16(20)8-10-7-11(18)3-5-14(10)21(17)2/h3-9H,1-2H3/q+1. The van der Waals surface area contributed by atoms with Crippen LogP contribution in [0.25, 0.3) is 32.8 Å². The van der Waals surface area contributed by atoms with E-state index >= 15 is 0 Å². The molecule has 0 atom stereocenters. The number of aryl methyl sites for hydroxylation is 2. The normalized spacial score (nSPS) is 11.8. The molecule has 2 nitrogen and oxygen atoms in total. The molecule has 0 saturated carbocycles. The smallest absolute Gasteiger partial charge is 0.238 e. The summed E-state index contributed by atoms with van der Waals surface area (Å²) in [6.07, 6.45) is 0. The zero-order valence-corrected chi connectivity index (χ0v) is 11.7. The van der Waals surface area contributed by atoms with Crippen LogP contribution in [0.3, 0.4) is 0 Å². The molecule has 0 radical (unpaired) electrons. The average Bonchev–Trinajstić information content (AvgIpc) is 2.71. The molecule has 0 N–H and O–H groups in total. The maximum Gasteiger partial charge on any atom is 0.238 e. The molecule has 0 spiro atoms. The molecule has 0 aliphatic heterocycles. The first-order valence-electron chi connectivity index (χ1n) is 6.72. The molecule has 0 saturated heterocycles. The van der Waals surface area contributed by atoms with Crippen molar-refractivity contribution in [3.63, 3.8) is 0 Å². The maximum absolute atomic E-state index is 13.6. The Morgan fingerprint density at radius 2 is 1.62 bits per heavy atom. The fraction of sp³-hybridized carbons (Fsp3) is 0.118. The molecule has 0 aliphatic carbocycles. The highest BCUT2D eigenvalue weighted by Crippen LogP contribution is 2.28. The van der Waals surface area contributed by atoms with Crippen molar-refractivity contribution < 1.29 is 13.3 Å². The van der Waals surface area contributed by atoms with E-state index in [0.717, 1.165) is 32.8 Å². The van der Waals surface area contributed by atoms with Crippen LogP contribution in [0.5, 0.6) is 0 Å². The Bertz CT molecular complexity index is 1030. The largest absolute Gasteiger partial charge is 0.338 e. The third-order valence-electron chi connectivity index (χ3n) is 4.16. The third kappa shape index (κ3) is 1.59. The zero-order chi connectivity index (χ0) is 14.7. The molecule has 0 amide bonds. The highest BCUT2D eigenvalue weighted by molar-refractivity contribution is 6.06. The van der Waals surface area contributed by atoms with Crippen LogP contribution >= 0.6 is 0 Å². The summed E-state index contributed by atoms with van der Waals surface area (Å²) < 4.78 is 31.1. The predicted molar refractivity (Wildman–Crippen MR) is 79.0 cm³/mol. The zero-order valence-electron chi connectivity index (χ0n) is 11.7. The number of nitrogens with zero attached hydrogens (tertiary/aromatic N) is 2. The third-order valence-corrected chi connectivity index (χ3v) is 4.16. The van der Waals surface area contributed by atoms with E-state index < -0.39 is 0 Å². The van der Waals surface area contributed by atoms with Crippen LogP contribution in [0, 0.1) is 11.6 Å². The molecule has 0 unspecified atom stereocenters. The van der Waals surface area contributed by atoms with Gasteiger partial charge >= 0.3 is 0 Å². The van der Waals surface area contributed by atoms with Crippen molar-refractivity contribution in [3.8, 4) is 0 Å². The average molecular weight is 283 g/mol. The quantitative estimate of drug-likeness (QED) is 0.436. The number of aromatic nitrogens is 2. The van der Waals surface area contributed by atoms with Crippen LogP contribution < -0.4 is 4.57 Å². The highest BCUT2D eigenvalue weighted by Gasteiger charge is 2.20. The lowest BCUT2D eigenvalue weighted by Crippen LogP contribution is -2.29. The maximum atomic E-state index is 13.6. The number of pyridine rings is 1. The Hall–Kier alpha value is -2.49. The van der Waals surface area contributed by atoms with Crippen LogP contribution in [-0.2, 0) is 14.1 Å². The van der Waals surface area contributed by atoms with Crippen LogP contribution in [0.4, 0.5) is 8.78 Å². The highest BCUT2D eigenvalue weighted by atomic mass is 19.1. The molecule has 0 aliphatic rings. The summed E-state index contributed by atoms with van der Waals surface area (Å²) in [6.45, 7) is 0. The first-order valence-corrected chi connectivity index (χ1v) is 6.72. The summed E-state index contributed by atoms with van der Waals surface area (Å²) in [7, 11) is 3.86. The summed E-state index contributed by atoms with van der Waals surface area (Å²) >= 11 is 0. The van der Waals surface area contributed by atoms with Gasteiger partial charge in [0.1, 0.15) is 24.2 Å².